The minimum atomic E-state index is 0.711. The molecule has 2 aromatic rings. The van der Waals surface area contributed by atoms with Gasteiger partial charge in [-0.05, 0) is 12.5 Å². The SMILES string of the molecule is CCNC(=NCc1ccccc1)N1CCN(Cc2ccon2)CC1. The van der Waals surface area contributed by atoms with E-state index in [1.165, 1.54) is 5.56 Å². The summed E-state index contributed by atoms with van der Waals surface area (Å²) in [5, 5.41) is 7.40. The summed E-state index contributed by atoms with van der Waals surface area (Å²) in [6.45, 7) is 8.50. The highest BCUT2D eigenvalue weighted by Gasteiger charge is 2.20. The molecule has 1 aromatic carbocycles. The lowest BCUT2D eigenvalue weighted by Gasteiger charge is -2.36. The third-order valence-corrected chi connectivity index (χ3v) is 4.14. The summed E-state index contributed by atoms with van der Waals surface area (Å²) in [5.41, 5.74) is 2.23. The lowest BCUT2D eigenvalue weighted by Crippen LogP contribution is -2.52. The van der Waals surface area contributed by atoms with Crippen molar-refractivity contribution >= 4 is 5.96 Å². The van der Waals surface area contributed by atoms with E-state index in [4.69, 9.17) is 9.52 Å². The Hall–Kier alpha value is -2.34. The fraction of sp³-hybridized carbons (Fsp3) is 0.444. The van der Waals surface area contributed by atoms with Crippen molar-refractivity contribution in [2.45, 2.75) is 20.0 Å². The number of aromatic nitrogens is 1. The zero-order valence-electron chi connectivity index (χ0n) is 14.2. The molecular formula is C18H25N5O. The minimum absolute atomic E-state index is 0.711. The third kappa shape index (κ3) is 4.58. The van der Waals surface area contributed by atoms with E-state index in [0.29, 0.717) is 6.54 Å². The number of guanidine groups is 1. The predicted octanol–water partition coefficient (Wildman–Crippen LogP) is 1.96. The van der Waals surface area contributed by atoms with Crippen molar-refractivity contribution in [3.63, 3.8) is 0 Å². The van der Waals surface area contributed by atoms with Gasteiger partial charge in [0, 0.05) is 45.3 Å². The Kier molecular flexibility index (Phi) is 5.85. The number of nitrogens with one attached hydrogen (secondary N) is 1. The molecule has 24 heavy (non-hydrogen) atoms. The van der Waals surface area contributed by atoms with Gasteiger partial charge in [0.25, 0.3) is 0 Å². The fourth-order valence-electron chi connectivity index (χ4n) is 2.84. The van der Waals surface area contributed by atoms with E-state index < -0.39 is 0 Å². The average Bonchev–Trinajstić information content (AvgIpc) is 3.13. The Morgan fingerprint density at radius 3 is 2.62 bits per heavy atom. The van der Waals surface area contributed by atoms with Crippen molar-refractivity contribution in [3.8, 4) is 0 Å². The third-order valence-electron chi connectivity index (χ3n) is 4.14. The van der Waals surface area contributed by atoms with Crippen LogP contribution in [-0.2, 0) is 13.1 Å². The van der Waals surface area contributed by atoms with E-state index in [1.807, 2.05) is 12.1 Å². The molecule has 0 bridgehead atoms. The summed E-state index contributed by atoms with van der Waals surface area (Å²) in [6.07, 6.45) is 1.63. The fourth-order valence-corrected chi connectivity index (χ4v) is 2.84. The highest BCUT2D eigenvalue weighted by Crippen LogP contribution is 2.08. The molecular weight excluding hydrogens is 302 g/mol. The second-order valence-corrected chi connectivity index (χ2v) is 5.91. The number of piperazine rings is 1. The summed E-state index contributed by atoms with van der Waals surface area (Å²) in [6, 6.07) is 12.3. The Morgan fingerprint density at radius 2 is 1.96 bits per heavy atom. The van der Waals surface area contributed by atoms with Crippen LogP contribution in [0.1, 0.15) is 18.2 Å². The molecule has 1 aromatic heterocycles. The Balaban J connectivity index is 1.55. The molecule has 2 heterocycles. The maximum Gasteiger partial charge on any atom is 0.194 e. The van der Waals surface area contributed by atoms with Gasteiger partial charge in [-0.3, -0.25) is 4.90 Å². The van der Waals surface area contributed by atoms with E-state index in [1.54, 1.807) is 6.26 Å². The van der Waals surface area contributed by atoms with Gasteiger partial charge in [-0.15, -0.1) is 0 Å². The van der Waals surface area contributed by atoms with Crippen LogP contribution in [0.4, 0.5) is 0 Å². The van der Waals surface area contributed by atoms with Crippen LogP contribution < -0.4 is 5.32 Å². The Labute approximate surface area is 143 Å². The summed E-state index contributed by atoms with van der Waals surface area (Å²) in [4.78, 5) is 9.53. The van der Waals surface area contributed by atoms with Gasteiger partial charge in [-0.2, -0.15) is 0 Å². The summed E-state index contributed by atoms with van der Waals surface area (Å²) >= 11 is 0. The quantitative estimate of drug-likeness (QED) is 0.672. The topological polar surface area (TPSA) is 56.9 Å². The van der Waals surface area contributed by atoms with E-state index in [0.717, 1.165) is 50.9 Å². The van der Waals surface area contributed by atoms with Crippen LogP contribution in [-0.4, -0.2) is 53.6 Å². The van der Waals surface area contributed by atoms with Crippen molar-refractivity contribution in [3.05, 3.63) is 53.9 Å². The molecule has 1 saturated heterocycles. The Morgan fingerprint density at radius 1 is 1.17 bits per heavy atom. The smallest absolute Gasteiger partial charge is 0.194 e. The zero-order chi connectivity index (χ0) is 16.6. The number of hydrogen-bond donors (Lipinski definition) is 1. The molecule has 1 fully saturated rings. The lowest BCUT2D eigenvalue weighted by atomic mass is 10.2. The van der Waals surface area contributed by atoms with Crippen LogP contribution in [0.5, 0.6) is 0 Å². The average molecular weight is 327 g/mol. The second-order valence-electron chi connectivity index (χ2n) is 5.91. The standard InChI is InChI=1S/C18H25N5O/c1-2-19-18(20-14-16-6-4-3-5-7-16)23-11-9-22(10-12-23)15-17-8-13-24-21-17/h3-8,13H,2,9-12,14-15H2,1H3,(H,19,20). The van der Waals surface area contributed by atoms with Crippen molar-refractivity contribution in [1.29, 1.82) is 0 Å². The molecule has 0 saturated carbocycles. The molecule has 0 aliphatic carbocycles. The van der Waals surface area contributed by atoms with Gasteiger partial charge in [0.2, 0.25) is 0 Å². The molecule has 128 valence electrons. The molecule has 1 N–H and O–H groups in total. The van der Waals surface area contributed by atoms with E-state index in [2.05, 4.69) is 51.5 Å². The van der Waals surface area contributed by atoms with Crippen molar-refractivity contribution in [2.75, 3.05) is 32.7 Å². The number of hydrogen-bond acceptors (Lipinski definition) is 4. The van der Waals surface area contributed by atoms with Crippen LogP contribution in [0.2, 0.25) is 0 Å². The highest BCUT2D eigenvalue weighted by molar-refractivity contribution is 5.80. The first-order chi connectivity index (χ1) is 11.8. The predicted molar refractivity (Wildman–Crippen MR) is 94.6 cm³/mol. The van der Waals surface area contributed by atoms with Gasteiger partial charge in [0.15, 0.2) is 5.96 Å². The number of nitrogens with zero attached hydrogens (tertiary/aromatic N) is 4. The summed E-state index contributed by atoms with van der Waals surface area (Å²) < 4.78 is 4.91. The van der Waals surface area contributed by atoms with Crippen molar-refractivity contribution < 1.29 is 4.52 Å². The molecule has 0 radical (unpaired) electrons. The van der Waals surface area contributed by atoms with E-state index in [9.17, 15) is 0 Å². The van der Waals surface area contributed by atoms with Gasteiger partial charge >= 0.3 is 0 Å². The number of aliphatic imine (C=N–C) groups is 1. The van der Waals surface area contributed by atoms with Gasteiger partial charge in [-0.1, -0.05) is 35.5 Å². The van der Waals surface area contributed by atoms with Crippen LogP contribution in [0, 0.1) is 0 Å². The van der Waals surface area contributed by atoms with Gasteiger partial charge < -0.3 is 14.7 Å². The van der Waals surface area contributed by atoms with Crippen LogP contribution in [0.25, 0.3) is 0 Å². The largest absolute Gasteiger partial charge is 0.364 e. The van der Waals surface area contributed by atoms with Gasteiger partial charge in [0.05, 0.1) is 12.2 Å². The normalized spacial score (nSPS) is 16.4. The number of rotatable bonds is 5. The van der Waals surface area contributed by atoms with Crippen molar-refractivity contribution in [2.24, 2.45) is 4.99 Å². The first-order valence-corrected chi connectivity index (χ1v) is 8.54. The number of benzene rings is 1. The summed E-state index contributed by atoms with van der Waals surface area (Å²) in [7, 11) is 0. The maximum atomic E-state index is 4.91. The molecule has 0 atom stereocenters. The summed E-state index contributed by atoms with van der Waals surface area (Å²) in [5.74, 6) is 1.00. The molecule has 0 unspecified atom stereocenters. The highest BCUT2D eigenvalue weighted by atomic mass is 16.5. The van der Waals surface area contributed by atoms with Gasteiger partial charge in [-0.25, -0.2) is 4.99 Å². The Bertz CT molecular complexity index is 618. The monoisotopic (exact) mass is 327 g/mol. The molecule has 3 rings (SSSR count). The lowest BCUT2D eigenvalue weighted by molar-refractivity contribution is 0.169. The molecule has 1 aliphatic heterocycles. The van der Waals surface area contributed by atoms with Crippen LogP contribution >= 0.6 is 0 Å². The molecule has 1 aliphatic rings. The van der Waals surface area contributed by atoms with Crippen molar-refractivity contribution in [1.82, 2.24) is 20.3 Å². The molecule has 0 amide bonds. The van der Waals surface area contributed by atoms with E-state index in [-0.39, 0.29) is 0 Å². The first-order valence-electron chi connectivity index (χ1n) is 8.54. The first kappa shape index (κ1) is 16.5. The maximum absolute atomic E-state index is 4.91. The molecule has 0 spiro atoms. The van der Waals surface area contributed by atoms with Crippen LogP contribution in [0.15, 0.2) is 52.2 Å². The van der Waals surface area contributed by atoms with E-state index >= 15 is 0 Å². The van der Waals surface area contributed by atoms with Crippen LogP contribution in [0.3, 0.4) is 0 Å². The zero-order valence-corrected chi connectivity index (χ0v) is 14.2. The molecule has 6 nitrogen and oxygen atoms in total. The molecule has 6 heteroatoms. The second kappa shape index (κ2) is 8.49. The minimum Gasteiger partial charge on any atom is -0.364 e. The van der Waals surface area contributed by atoms with Gasteiger partial charge in [0.1, 0.15) is 6.26 Å².